The van der Waals surface area contributed by atoms with Crippen molar-refractivity contribution in [3.63, 3.8) is 0 Å². The van der Waals surface area contributed by atoms with Crippen LogP contribution in [0.3, 0.4) is 0 Å². The van der Waals surface area contributed by atoms with Gasteiger partial charge in [0, 0.05) is 13.1 Å². The first-order valence-corrected chi connectivity index (χ1v) is 5.14. The number of nitrogens with one attached hydrogen (secondary N) is 1. The van der Waals surface area contributed by atoms with Gasteiger partial charge in [-0.1, -0.05) is 13.8 Å². The van der Waals surface area contributed by atoms with Crippen LogP contribution in [0.25, 0.3) is 0 Å². The number of hydrogen-bond acceptors (Lipinski definition) is 3. The van der Waals surface area contributed by atoms with Gasteiger partial charge in [-0.3, -0.25) is 9.78 Å². The third-order valence-corrected chi connectivity index (χ3v) is 2.34. The van der Waals surface area contributed by atoms with Gasteiger partial charge >= 0.3 is 0 Å². The summed E-state index contributed by atoms with van der Waals surface area (Å²) in [5, 5.41) is 11.6. The minimum absolute atomic E-state index is 0.151. The molecule has 0 saturated carbocycles. The van der Waals surface area contributed by atoms with E-state index in [9.17, 15) is 4.79 Å². The van der Waals surface area contributed by atoms with Gasteiger partial charge in [0.25, 0.3) is 0 Å². The predicted octanol–water partition coefficient (Wildman–Crippen LogP) is 2.34. The van der Waals surface area contributed by atoms with Crippen molar-refractivity contribution in [3.8, 4) is 6.07 Å². The Balaban J connectivity index is 3.37. The van der Waals surface area contributed by atoms with Crippen LogP contribution in [0, 0.1) is 18.3 Å². The second kappa shape index (κ2) is 4.75. The van der Waals surface area contributed by atoms with Gasteiger partial charge in [-0.2, -0.15) is 5.26 Å². The fourth-order valence-corrected chi connectivity index (χ4v) is 1.51. The first-order chi connectivity index (χ1) is 7.47. The molecule has 0 unspecified atom stereocenters. The largest absolute Gasteiger partial charge is 0.324 e. The van der Waals surface area contributed by atoms with Crippen LogP contribution in [0.4, 0.5) is 5.69 Å². The third kappa shape index (κ3) is 2.37. The van der Waals surface area contributed by atoms with Crippen molar-refractivity contribution in [2.75, 3.05) is 5.32 Å². The summed E-state index contributed by atoms with van der Waals surface area (Å²) in [5.41, 5.74) is 2.75. The maximum Gasteiger partial charge on any atom is 0.221 e. The van der Waals surface area contributed by atoms with Crippen molar-refractivity contribution in [2.45, 2.75) is 33.6 Å². The predicted molar refractivity (Wildman–Crippen MR) is 62.1 cm³/mol. The minimum atomic E-state index is -0.151. The fourth-order valence-electron chi connectivity index (χ4n) is 1.51. The molecule has 0 aliphatic carbocycles. The zero-order chi connectivity index (χ0) is 12.3. The van der Waals surface area contributed by atoms with Crippen molar-refractivity contribution in [3.05, 3.63) is 23.0 Å². The second-order valence-corrected chi connectivity index (χ2v) is 4.00. The lowest BCUT2D eigenvalue weighted by Crippen LogP contribution is -2.12. The highest BCUT2D eigenvalue weighted by atomic mass is 16.1. The topological polar surface area (TPSA) is 65.8 Å². The first kappa shape index (κ1) is 12.2. The molecule has 0 spiro atoms. The van der Waals surface area contributed by atoms with E-state index in [0.717, 1.165) is 11.3 Å². The average Bonchev–Trinajstić information content (AvgIpc) is 2.19. The zero-order valence-corrected chi connectivity index (χ0v) is 9.96. The molecule has 1 aromatic rings. The van der Waals surface area contributed by atoms with E-state index < -0.39 is 0 Å². The van der Waals surface area contributed by atoms with E-state index in [-0.39, 0.29) is 11.8 Å². The standard InChI is InChI=1S/C12H15N3O/c1-7(2)11-12(15-9(4)16)8(3)10(5-13)6-14-11/h6-7H,1-4H3,(H,15,16). The van der Waals surface area contributed by atoms with Crippen molar-refractivity contribution in [2.24, 2.45) is 0 Å². The van der Waals surface area contributed by atoms with E-state index in [1.165, 1.54) is 6.92 Å². The smallest absolute Gasteiger partial charge is 0.221 e. The van der Waals surface area contributed by atoms with Gasteiger partial charge in [-0.15, -0.1) is 0 Å². The summed E-state index contributed by atoms with van der Waals surface area (Å²) < 4.78 is 0. The highest BCUT2D eigenvalue weighted by molar-refractivity contribution is 5.90. The molecule has 4 heteroatoms. The fraction of sp³-hybridized carbons (Fsp3) is 0.417. The number of rotatable bonds is 2. The van der Waals surface area contributed by atoms with Gasteiger partial charge in [-0.05, 0) is 18.4 Å². The molecule has 0 aliphatic rings. The molecule has 16 heavy (non-hydrogen) atoms. The molecule has 0 saturated heterocycles. The van der Waals surface area contributed by atoms with Crippen molar-refractivity contribution < 1.29 is 4.79 Å². The number of amides is 1. The summed E-state index contributed by atoms with van der Waals surface area (Å²) in [6.07, 6.45) is 1.55. The molecule has 1 N–H and O–H groups in total. The van der Waals surface area contributed by atoms with E-state index in [1.807, 2.05) is 20.8 Å². The third-order valence-electron chi connectivity index (χ3n) is 2.34. The molecule has 0 bridgehead atoms. The van der Waals surface area contributed by atoms with E-state index in [1.54, 1.807) is 6.20 Å². The highest BCUT2D eigenvalue weighted by Gasteiger charge is 2.14. The van der Waals surface area contributed by atoms with Crippen LogP contribution in [0.5, 0.6) is 0 Å². The van der Waals surface area contributed by atoms with Crippen LogP contribution >= 0.6 is 0 Å². The minimum Gasteiger partial charge on any atom is -0.324 e. The van der Waals surface area contributed by atoms with E-state index in [0.29, 0.717) is 11.3 Å². The molecule has 0 atom stereocenters. The number of pyridine rings is 1. The van der Waals surface area contributed by atoms with E-state index in [2.05, 4.69) is 16.4 Å². The van der Waals surface area contributed by atoms with Crippen LogP contribution in [-0.4, -0.2) is 10.9 Å². The van der Waals surface area contributed by atoms with Crippen molar-refractivity contribution in [1.82, 2.24) is 4.98 Å². The lowest BCUT2D eigenvalue weighted by molar-refractivity contribution is -0.114. The van der Waals surface area contributed by atoms with Gasteiger partial charge in [0.2, 0.25) is 5.91 Å². The number of anilines is 1. The van der Waals surface area contributed by atoms with Gasteiger partial charge in [0.1, 0.15) is 6.07 Å². The van der Waals surface area contributed by atoms with Gasteiger partial charge in [0.15, 0.2) is 0 Å². The number of nitriles is 1. The molecule has 0 aliphatic heterocycles. The first-order valence-electron chi connectivity index (χ1n) is 5.14. The van der Waals surface area contributed by atoms with Crippen molar-refractivity contribution in [1.29, 1.82) is 5.26 Å². The molecule has 1 heterocycles. The molecule has 0 fully saturated rings. The monoisotopic (exact) mass is 217 g/mol. The Labute approximate surface area is 95.3 Å². The summed E-state index contributed by atoms with van der Waals surface area (Å²) in [4.78, 5) is 15.3. The Hall–Kier alpha value is -1.89. The Morgan fingerprint density at radius 2 is 2.19 bits per heavy atom. The van der Waals surface area contributed by atoms with Crippen LogP contribution in [-0.2, 0) is 4.79 Å². The lowest BCUT2D eigenvalue weighted by Gasteiger charge is -2.15. The number of hydrogen-bond donors (Lipinski definition) is 1. The summed E-state index contributed by atoms with van der Waals surface area (Å²) in [7, 11) is 0. The summed E-state index contributed by atoms with van der Waals surface area (Å²) in [6.45, 7) is 7.26. The van der Waals surface area contributed by atoms with E-state index in [4.69, 9.17) is 5.26 Å². The van der Waals surface area contributed by atoms with Gasteiger partial charge in [-0.25, -0.2) is 0 Å². The molecule has 0 radical (unpaired) electrons. The summed E-state index contributed by atoms with van der Waals surface area (Å²) >= 11 is 0. The van der Waals surface area contributed by atoms with Gasteiger partial charge in [0.05, 0.1) is 16.9 Å². The van der Waals surface area contributed by atoms with Crippen LogP contribution in [0.2, 0.25) is 0 Å². The van der Waals surface area contributed by atoms with E-state index >= 15 is 0 Å². The number of carbonyl (C=O) groups is 1. The average molecular weight is 217 g/mol. The molecule has 1 rings (SSSR count). The Kier molecular flexibility index (Phi) is 3.62. The number of carbonyl (C=O) groups excluding carboxylic acids is 1. The normalized spacial score (nSPS) is 10.0. The summed E-state index contributed by atoms with van der Waals surface area (Å²) in [5.74, 6) is 0.0511. The van der Waals surface area contributed by atoms with Crippen LogP contribution < -0.4 is 5.32 Å². The Bertz CT molecular complexity index is 458. The molecule has 0 aromatic carbocycles. The maximum absolute atomic E-state index is 11.1. The zero-order valence-electron chi connectivity index (χ0n) is 9.96. The highest BCUT2D eigenvalue weighted by Crippen LogP contribution is 2.27. The second-order valence-electron chi connectivity index (χ2n) is 4.00. The molecule has 1 aromatic heterocycles. The number of aromatic nitrogens is 1. The quantitative estimate of drug-likeness (QED) is 0.826. The summed E-state index contributed by atoms with van der Waals surface area (Å²) in [6, 6.07) is 2.06. The van der Waals surface area contributed by atoms with Crippen LogP contribution in [0.15, 0.2) is 6.20 Å². The Morgan fingerprint density at radius 1 is 1.56 bits per heavy atom. The molecular weight excluding hydrogens is 202 g/mol. The maximum atomic E-state index is 11.1. The van der Waals surface area contributed by atoms with Crippen molar-refractivity contribution >= 4 is 11.6 Å². The van der Waals surface area contributed by atoms with Gasteiger partial charge < -0.3 is 5.32 Å². The SMILES string of the molecule is CC(=O)Nc1c(C(C)C)ncc(C#N)c1C. The number of nitrogens with zero attached hydrogens (tertiary/aromatic N) is 2. The lowest BCUT2D eigenvalue weighted by atomic mass is 10.0. The molecule has 1 amide bonds. The van der Waals surface area contributed by atoms with Crippen LogP contribution in [0.1, 0.15) is 43.5 Å². The molecule has 84 valence electrons. The molecular formula is C12H15N3O. The Morgan fingerprint density at radius 3 is 2.62 bits per heavy atom. The molecule has 4 nitrogen and oxygen atoms in total.